The van der Waals surface area contributed by atoms with Gasteiger partial charge in [0.1, 0.15) is 12.4 Å². The Morgan fingerprint density at radius 1 is 1.14 bits per heavy atom. The van der Waals surface area contributed by atoms with Crippen LogP contribution in [0.2, 0.25) is 5.02 Å². The van der Waals surface area contributed by atoms with Crippen molar-refractivity contribution in [3.63, 3.8) is 0 Å². The zero-order valence-electron chi connectivity index (χ0n) is 20.2. The van der Waals surface area contributed by atoms with Gasteiger partial charge in [-0.15, -0.1) is 0 Å². The summed E-state index contributed by atoms with van der Waals surface area (Å²) in [6.45, 7) is 1.37. The number of carbonyl (C=O) groups excluding carboxylic acids is 3. The van der Waals surface area contributed by atoms with Gasteiger partial charge in [-0.25, -0.2) is 4.39 Å². The molecule has 1 unspecified atom stereocenters. The lowest BCUT2D eigenvalue weighted by molar-refractivity contribution is -0.139. The largest absolute Gasteiger partial charge is 0.481 e. The van der Waals surface area contributed by atoms with Crippen molar-refractivity contribution < 1.29 is 28.7 Å². The van der Waals surface area contributed by atoms with Crippen LogP contribution in [0.5, 0.6) is 0 Å². The molecule has 1 aromatic heterocycles. The highest BCUT2D eigenvalue weighted by molar-refractivity contribution is 6.30. The highest BCUT2D eigenvalue weighted by Crippen LogP contribution is 2.48. The van der Waals surface area contributed by atoms with Crippen molar-refractivity contribution in [3.8, 4) is 0 Å². The summed E-state index contributed by atoms with van der Waals surface area (Å²) in [5.41, 5.74) is 1.98. The van der Waals surface area contributed by atoms with Crippen molar-refractivity contribution >= 4 is 45.9 Å². The number of piperidine rings is 1. The molecule has 3 aromatic rings. The molecule has 5 rings (SSSR count). The molecule has 0 bridgehead atoms. The summed E-state index contributed by atoms with van der Waals surface area (Å²) >= 11 is 5.85. The normalized spacial score (nSPS) is 20.2. The fraction of sp³-hybridized carbons (Fsp3) is 0.357. The van der Waals surface area contributed by atoms with E-state index in [1.807, 2.05) is 0 Å². The number of carboxylic acid groups (broad SMARTS) is 1. The molecule has 1 aliphatic carbocycles. The Labute approximate surface area is 217 Å². The van der Waals surface area contributed by atoms with Crippen LogP contribution in [0.3, 0.4) is 0 Å². The monoisotopic (exact) mass is 524 g/mol. The van der Waals surface area contributed by atoms with Crippen LogP contribution in [0.1, 0.15) is 47.7 Å². The molecule has 2 aromatic carbocycles. The second kappa shape index (κ2) is 9.74. The molecule has 1 saturated heterocycles. The molecular weight excluding hydrogens is 499 g/mol. The Morgan fingerprint density at radius 2 is 1.92 bits per heavy atom. The number of carbonyl (C=O) groups is 4. The number of aryl methyl sites for hydroxylation is 1. The summed E-state index contributed by atoms with van der Waals surface area (Å²) in [6.07, 6.45) is 3.20. The van der Waals surface area contributed by atoms with Crippen LogP contribution < -0.4 is 0 Å². The van der Waals surface area contributed by atoms with Gasteiger partial charge in [0.15, 0.2) is 11.6 Å². The lowest BCUT2D eigenvalue weighted by atomic mass is 10.00. The maximum atomic E-state index is 14.3. The third kappa shape index (κ3) is 4.90. The first kappa shape index (κ1) is 25.1. The summed E-state index contributed by atoms with van der Waals surface area (Å²) in [5, 5.41) is 9.83. The van der Waals surface area contributed by atoms with Crippen LogP contribution in [0.25, 0.3) is 10.9 Å². The Balaban J connectivity index is 1.36. The van der Waals surface area contributed by atoms with E-state index in [1.165, 1.54) is 13.0 Å². The minimum Gasteiger partial charge on any atom is -0.481 e. The lowest BCUT2D eigenvalue weighted by Crippen LogP contribution is -2.44. The molecule has 1 amide bonds. The molecule has 2 aliphatic rings. The quantitative estimate of drug-likeness (QED) is 0.417. The van der Waals surface area contributed by atoms with Crippen molar-refractivity contribution in [2.75, 3.05) is 0 Å². The minimum absolute atomic E-state index is 0.0132. The molecule has 1 aliphatic heterocycles. The van der Waals surface area contributed by atoms with Gasteiger partial charge in [-0.3, -0.25) is 19.2 Å². The SMILES string of the molecule is CC(=O)c1cn(CC(=O)N2[C@@H]3CC3C[C@H]2C(=O)CCc2cccc(Cl)c2F)c2cc(CC(=O)O)ccc12. The number of likely N-dealkylation sites (tertiary alicyclic amines) is 1. The van der Waals surface area contributed by atoms with E-state index in [4.69, 9.17) is 16.7 Å². The Bertz CT molecular complexity index is 1450. The summed E-state index contributed by atoms with van der Waals surface area (Å²) in [5.74, 6) is -1.71. The fourth-order valence-electron chi connectivity index (χ4n) is 5.53. The molecule has 0 radical (unpaired) electrons. The van der Waals surface area contributed by atoms with Crippen molar-refractivity contribution in [2.24, 2.45) is 5.92 Å². The second-order valence-electron chi connectivity index (χ2n) is 9.94. The number of benzene rings is 2. The van der Waals surface area contributed by atoms with Gasteiger partial charge in [0, 0.05) is 35.1 Å². The van der Waals surface area contributed by atoms with Crippen LogP contribution in [-0.2, 0) is 33.8 Å². The van der Waals surface area contributed by atoms with E-state index in [0.717, 1.165) is 6.42 Å². The average molecular weight is 525 g/mol. The lowest BCUT2D eigenvalue weighted by Gasteiger charge is -2.27. The summed E-state index contributed by atoms with van der Waals surface area (Å²) in [6, 6.07) is 9.23. The number of rotatable bonds is 9. The fourth-order valence-corrected chi connectivity index (χ4v) is 5.72. The van der Waals surface area contributed by atoms with E-state index in [0.29, 0.717) is 34.0 Å². The van der Waals surface area contributed by atoms with Gasteiger partial charge in [-0.1, -0.05) is 35.9 Å². The second-order valence-corrected chi connectivity index (χ2v) is 10.4. The van der Waals surface area contributed by atoms with Gasteiger partial charge >= 0.3 is 5.97 Å². The number of ketones is 2. The third-order valence-electron chi connectivity index (χ3n) is 7.42. The van der Waals surface area contributed by atoms with E-state index in [1.54, 1.807) is 46.0 Å². The van der Waals surface area contributed by atoms with Crippen LogP contribution in [-0.4, -0.2) is 50.1 Å². The Morgan fingerprint density at radius 3 is 2.65 bits per heavy atom. The summed E-state index contributed by atoms with van der Waals surface area (Å²) < 4.78 is 15.9. The Kier molecular flexibility index (Phi) is 6.62. The molecule has 3 atom stereocenters. The predicted octanol–water partition coefficient (Wildman–Crippen LogP) is 4.45. The number of aromatic nitrogens is 1. The smallest absolute Gasteiger partial charge is 0.307 e. The van der Waals surface area contributed by atoms with Gasteiger partial charge in [0.2, 0.25) is 5.91 Å². The molecule has 1 saturated carbocycles. The predicted molar refractivity (Wildman–Crippen MR) is 135 cm³/mol. The number of amides is 1. The number of carboxylic acids is 1. The summed E-state index contributed by atoms with van der Waals surface area (Å²) in [7, 11) is 0. The van der Waals surface area contributed by atoms with Gasteiger partial charge < -0.3 is 14.6 Å². The van der Waals surface area contributed by atoms with Crippen molar-refractivity contribution in [1.82, 2.24) is 9.47 Å². The maximum absolute atomic E-state index is 14.3. The van der Waals surface area contributed by atoms with Gasteiger partial charge in [0.05, 0.1) is 17.5 Å². The summed E-state index contributed by atoms with van der Waals surface area (Å²) in [4.78, 5) is 51.8. The van der Waals surface area contributed by atoms with Gasteiger partial charge in [-0.05, 0) is 55.4 Å². The van der Waals surface area contributed by atoms with Crippen LogP contribution in [0.15, 0.2) is 42.6 Å². The van der Waals surface area contributed by atoms with Crippen LogP contribution in [0, 0.1) is 11.7 Å². The Hall–Kier alpha value is -3.52. The molecule has 1 N–H and O–H groups in total. The maximum Gasteiger partial charge on any atom is 0.307 e. The van der Waals surface area contributed by atoms with Crippen LogP contribution in [0.4, 0.5) is 4.39 Å². The van der Waals surface area contributed by atoms with E-state index in [9.17, 15) is 23.6 Å². The molecule has 192 valence electrons. The molecule has 2 heterocycles. The number of halogens is 2. The number of hydrogen-bond donors (Lipinski definition) is 1. The highest BCUT2D eigenvalue weighted by atomic mass is 35.5. The molecule has 37 heavy (non-hydrogen) atoms. The number of Topliss-reactive ketones (excluding diaryl/α,β-unsaturated/α-hetero) is 2. The zero-order valence-corrected chi connectivity index (χ0v) is 21.0. The van der Waals surface area contributed by atoms with E-state index >= 15 is 0 Å². The number of aliphatic carboxylic acids is 1. The molecule has 2 fully saturated rings. The number of hydrogen-bond acceptors (Lipinski definition) is 4. The van der Waals surface area contributed by atoms with Crippen molar-refractivity contribution in [3.05, 3.63) is 70.1 Å². The van der Waals surface area contributed by atoms with Crippen LogP contribution >= 0.6 is 11.6 Å². The standard InChI is InChI=1S/C28H26ClFN2O5/c1-15(33)20-13-31(23-9-16(10-27(36)37)5-7-19(20)23)14-26(35)32-22-11-18(22)12-24(32)25(34)8-6-17-3-2-4-21(29)28(17)30/h2-5,7,9,13,18,22,24H,6,8,10-12,14H2,1H3,(H,36,37)/t18?,22-,24+/m1/s1. The number of fused-ring (bicyclic) bond motifs is 2. The average Bonchev–Trinajstić information content (AvgIpc) is 3.35. The third-order valence-corrected chi connectivity index (χ3v) is 7.72. The van der Waals surface area contributed by atoms with Gasteiger partial charge in [0.25, 0.3) is 0 Å². The highest BCUT2D eigenvalue weighted by Gasteiger charge is 2.55. The first-order valence-corrected chi connectivity index (χ1v) is 12.6. The van der Waals surface area contributed by atoms with E-state index in [2.05, 4.69) is 0 Å². The first-order chi connectivity index (χ1) is 17.6. The zero-order chi connectivity index (χ0) is 26.4. The topological polar surface area (TPSA) is 96.7 Å². The van der Waals surface area contributed by atoms with E-state index in [-0.39, 0.29) is 60.3 Å². The van der Waals surface area contributed by atoms with Crippen molar-refractivity contribution in [1.29, 1.82) is 0 Å². The number of nitrogens with zero attached hydrogens (tertiary/aromatic N) is 2. The van der Waals surface area contributed by atoms with Crippen molar-refractivity contribution in [2.45, 2.75) is 57.7 Å². The van der Waals surface area contributed by atoms with E-state index < -0.39 is 17.8 Å². The minimum atomic E-state index is -0.976. The first-order valence-electron chi connectivity index (χ1n) is 12.2. The molecule has 7 nitrogen and oxygen atoms in total. The molecule has 9 heteroatoms. The molecular formula is C28H26ClFN2O5. The molecule has 0 spiro atoms. The van der Waals surface area contributed by atoms with Gasteiger partial charge in [-0.2, -0.15) is 0 Å².